The minimum atomic E-state index is -0.308. The molecule has 1 atom stereocenters. The molecule has 3 rings (SSSR count). The van der Waals surface area contributed by atoms with E-state index in [1.165, 1.54) is 0 Å². The van der Waals surface area contributed by atoms with Gasteiger partial charge in [-0.25, -0.2) is 0 Å². The van der Waals surface area contributed by atoms with Crippen LogP contribution in [0.3, 0.4) is 0 Å². The molecule has 0 saturated carbocycles. The van der Waals surface area contributed by atoms with Crippen LogP contribution in [-0.2, 0) is 4.79 Å². The zero-order valence-electron chi connectivity index (χ0n) is 9.78. The van der Waals surface area contributed by atoms with Crippen molar-refractivity contribution in [2.75, 3.05) is 11.9 Å². The molecule has 0 bridgehead atoms. The zero-order valence-corrected chi connectivity index (χ0v) is 11.4. The number of amides is 2. The van der Waals surface area contributed by atoms with Crippen molar-refractivity contribution in [3.05, 3.63) is 28.2 Å². The molecule has 1 N–H and O–H groups in total. The van der Waals surface area contributed by atoms with Gasteiger partial charge in [-0.05, 0) is 37.5 Å². The van der Waals surface area contributed by atoms with Crippen molar-refractivity contribution in [2.45, 2.75) is 25.3 Å². The van der Waals surface area contributed by atoms with Crippen LogP contribution in [0.25, 0.3) is 0 Å². The summed E-state index contributed by atoms with van der Waals surface area (Å²) in [5.74, 6) is -0.113. The number of carbonyl (C=O) groups excluding carboxylic acids is 2. The summed E-state index contributed by atoms with van der Waals surface area (Å²) in [5.41, 5.74) is 1.18. The van der Waals surface area contributed by atoms with Crippen molar-refractivity contribution < 1.29 is 9.59 Å². The molecule has 2 heterocycles. The van der Waals surface area contributed by atoms with E-state index in [0.717, 1.165) is 23.7 Å². The molecule has 2 amide bonds. The zero-order chi connectivity index (χ0) is 12.7. The van der Waals surface area contributed by atoms with Gasteiger partial charge in [0.1, 0.15) is 6.04 Å². The molecule has 0 spiro atoms. The minimum absolute atomic E-state index is 0.0469. The second-order valence-electron chi connectivity index (χ2n) is 4.69. The number of benzene rings is 1. The minimum Gasteiger partial charge on any atom is -0.327 e. The third-order valence-electron chi connectivity index (χ3n) is 3.54. The Balaban J connectivity index is 2.09. The summed E-state index contributed by atoms with van der Waals surface area (Å²) in [4.78, 5) is 26.3. The van der Waals surface area contributed by atoms with Crippen molar-refractivity contribution in [2.24, 2.45) is 0 Å². The van der Waals surface area contributed by atoms with Gasteiger partial charge in [0.25, 0.3) is 5.91 Å². The lowest BCUT2D eigenvalue weighted by atomic mass is 10.0. The van der Waals surface area contributed by atoms with Crippen LogP contribution in [0, 0.1) is 0 Å². The van der Waals surface area contributed by atoms with Crippen molar-refractivity contribution in [3.8, 4) is 0 Å². The van der Waals surface area contributed by atoms with E-state index in [9.17, 15) is 9.59 Å². The highest BCUT2D eigenvalue weighted by atomic mass is 79.9. The Hall–Kier alpha value is -1.36. The van der Waals surface area contributed by atoms with Crippen LogP contribution in [0.5, 0.6) is 0 Å². The van der Waals surface area contributed by atoms with Crippen LogP contribution < -0.4 is 5.32 Å². The summed E-state index contributed by atoms with van der Waals surface area (Å²) < 4.78 is 0.847. The topological polar surface area (TPSA) is 49.4 Å². The highest BCUT2D eigenvalue weighted by Gasteiger charge is 2.36. The second-order valence-corrected chi connectivity index (χ2v) is 5.60. The highest BCUT2D eigenvalue weighted by Crippen LogP contribution is 2.29. The SMILES string of the molecule is O=C1Nc2ccc(Br)cc2C(=O)N2CCCC[C@H]12. The lowest BCUT2D eigenvalue weighted by molar-refractivity contribution is -0.121. The Labute approximate surface area is 113 Å². The summed E-state index contributed by atoms with van der Waals surface area (Å²) in [6.45, 7) is 0.670. The van der Waals surface area contributed by atoms with E-state index in [-0.39, 0.29) is 17.9 Å². The van der Waals surface area contributed by atoms with Crippen molar-refractivity contribution in [1.82, 2.24) is 4.90 Å². The van der Waals surface area contributed by atoms with Gasteiger partial charge < -0.3 is 10.2 Å². The first-order valence-corrected chi connectivity index (χ1v) is 6.87. The van der Waals surface area contributed by atoms with Crippen molar-refractivity contribution in [3.63, 3.8) is 0 Å². The third kappa shape index (κ3) is 1.82. The van der Waals surface area contributed by atoms with E-state index in [2.05, 4.69) is 21.2 Å². The van der Waals surface area contributed by atoms with E-state index in [1.807, 2.05) is 6.07 Å². The first-order chi connectivity index (χ1) is 8.66. The number of hydrogen-bond donors (Lipinski definition) is 1. The molecule has 4 nitrogen and oxygen atoms in total. The fourth-order valence-electron chi connectivity index (χ4n) is 2.62. The van der Waals surface area contributed by atoms with E-state index < -0.39 is 0 Å². The standard InChI is InChI=1S/C13H13BrN2O2/c14-8-4-5-10-9(7-8)13(18)16-6-2-1-3-11(16)12(17)15-10/h4-5,7,11H,1-3,6H2,(H,15,17)/t11-/m1/s1. The van der Waals surface area contributed by atoms with Gasteiger partial charge in [0.15, 0.2) is 0 Å². The Morgan fingerprint density at radius 1 is 1.28 bits per heavy atom. The monoisotopic (exact) mass is 308 g/mol. The average molecular weight is 309 g/mol. The molecular formula is C13H13BrN2O2. The fourth-order valence-corrected chi connectivity index (χ4v) is 2.98. The molecule has 2 aliphatic rings. The molecule has 2 aliphatic heterocycles. The molecule has 0 aliphatic carbocycles. The number of carbonyl (C=O) groups is 2. The molecule has 18 heavy (non-hydrogen) atoms. The van der Waals surface area contributed by atoms with Crippen LogP contribution in [0.15, 0.2) is 22.7 Å². The van der Waals surface area contributed by atoms with Gasteiger partial charge in [-0.15, -0.1) is 0 Å². The van der Waals surface area contributed by atoms with Gasteiger partial charge in [0, 0.05) is 11.0 Å². The lowest BCUT2D eigenvalue weighted by Crippen LogP contribution is -2.47. The summed E-state index contributed by atoms with van der Waals surface area (Å²) in [6.07, 6.45) is 2.73. The Morgan fingerprint density at radius 2 is 2.11 bits per heavy atom. The number of anilines is 1. The molecule has 1 aromatic rings. The number of piperidine rings is 1. The number of halogens is 1. The molecule has 0 radical (unpaired) electrons. The molecule has 5 heteroatoms. The van der Waals surface area contributed by atoms with E-state index >= 15 is 0 Å². The van der Waals surface area contributed by atoms with Crippen LogP contribution in [0.1, 0.15) is 29.6 Å². The first-order valence-electron chi connectivity index (χ1n) is 6.08. The molecule has 1 fully saturated rings. The summed E-state index contributed by atoms with van der Waals surface area (Å²) in [5, 5.41) is 2.86. The predicted molar refractivity (Wildman–Crippen MR) is 71.4 cm³/mol. The molecule has 1 aromatic carbocycles. The molecule has 1 saturated heterocycles. The molecule has 0 unspecified atom stereocenters. The first kappa shape index (κ1) is 11.7. The molecule has 94 valence electrons. The van der Waals surface area contributed by atoms with Gasteiger partial charge in [0.2, 0.25) is 5.91 Å². The Morgan fingerprint density at radius 3 is 2.94 bits per heavy atom. The summed E-state index contributed by atoms with van der Waals surface area (Å²) in [6, 6.07) is 5.07. The number of nitrogens with one attached hydrogen (secondary N) is 1. The van der Waals surface area contributed by atoms with Gasteiger partial charge >= 0.3 is 0 Å². The maximum absolute atomic E-state index is 12.5. The normalized spacial score (nSPS) is 22.9. The Kier molecular flexibility index (Phi) is 2.86. The van der Waals surface area contributed by atoms with Crippen LogP contribution in [0.4, 0.5) is 5.69 Å². The smallest absolute Gasteiger partial charge is 0.256 e. The largest absolute Gasteiger partial charge is 0.327 e. The number of hydrogen-bond acceptors (Lipinski definition) is 2. The van der Waals surface area contributed by atoms with Crippen molar-refractivity contribution >= 4 is 33.4 Å². The number of nitrogens with zero attached hydrogens (tertiary/aromatic N) is 1. The lowest BCUT2D eigenvalue weighted by Gasteiger charge is -2.32. The number of fused-ring (bicyclic) bond motifs is 2. The van der Waals surface area contributed by atoms with Crippen LogP contribution >= 0.6 is 15.9 Å². The highest BCUT2D eigenvalue weighted by molar-refractivity contribution is 9.10. The second kappa shape index (κ2) is 4.39. The predicted octanol–water partition coefficient (Wildman–Crippen LogP) is 2.40. The van der Waals surface area contributed by atoms with Gasteiger partial charge in [0.05, 0.1) is 11.3 Å². The number of rotatable bonds is 0. The summed E-state index contributed by atoms with van der Waals surface area (Å²) >= 11 is 3.36. The molecular weight excluding hydrogens is 296 g/mol. The van der Waals surface area contributed by atoms with Gasteiger partial charge in [-0.3, -0.25) is 9.59 Å². The van der Waals surface area contributed by atoms with E-state index in [1.54, 1.807) is 17.0 Å². The van der Waals surface area contributed by atoms with E-state index in [4.69, 9.17) is 0 Å². The maximum atomic E-state index is 12.5. The Bertz CT molecular complexity index is 530. The van der Waals surface area contributed by atoms with Gasteiger partial charge in [-0.1, -0.05) is 15.9 Å². The molecule has 0 aromatic heterocycles. The van der Waals surface area contributed by atoms with E-state index in [0.29, 0.717) is 17.8 Å². The average Bonchev–Trinajstić information content (AvgIpc) is 2.48. The fraction of sp³-hybridized carbons (Fsp3) is 0.385. The third-order valence-corrected chi connectivity index (χ3v) is 4.03. The maximum Gasteiger partial charge on any atom is 0.256 e. The quantitative estimate of drug-likeness (QED) is 0.800. The van der Waals surface area contributed by atoms with Crippen LogP contribution in [-0.4, -0.2) is 29.3 Å². The van der Waals surface area contributed by atoms with Crippen LogP contribution in [0.2, 0.25) is 0 Å². The van der Waals surface area contributed by atoms with Gasteiger partial charge in [-0.2, -0.15) is 0 Å². The summed E-state index contributed by atoms with van der Waals surface area (Å²) in [7, 11) is 0. The van der Waals surface area contributed by atoms with Crippen molar-refractivity contribution in [1.29, 1.82) is 0 Å².